The highest BCUT2D eigenvalue weighted by Gasteiger charge is 2.34. The van der Waals surface area contributed by atoms with E-state index >= 15 is 0 Å². The lowest BCUT2D eigenvalue weighted by Gasteiger charge is -2.21. The minimum Gasteiger partial charge on any atom is -0.478 e. The summed E-state index contributed by atoms with van der Waals surface area (Å²) in [6, 6.07) is 6.71. The summed E-state index contributed by atoms with van der Waals surface area (Å²) in [5.41, 5.74) is -0.973. The second-order valence-electron chi connectivity index (χ2n) is 8.78. The number of rotatable bonds is 6. The molecule has 0 spiro atoms. The first-order valence-corrected chi connectivity index (χ1v) is 13.0. The Labute approximate surface area is 219 Å². The molecule has 7 nitrogen and oxygen atoms in total. The molecule has 0 atom stereocenters. The van der Waals surface area contributed by atoms with Crippen molar-refractivity contribution in [1.29, 1.82) is 0 Å². The summed E-state index contributed by atoms with van der Waals surface area (Å²) in [4.78, 5) is 11.4. The molecule has 3 aromatic rings. The van der Waals surface area contributed by atoms with Crippen molar-refractivity contribution in [3.63, 3.8) is 0 Å². The third-order valence-electron chi connectivity index (χ3n) is 6.20. The SMILES string of the molecule is O=C(O)c1ccc(F)c(Cc2cc3cc(C(F)(F)F)ccc3n2S(=O)(=O)C2=COC=C(C3=CC=CCC3)O2)c1. The number of benzene rings is 2. The Morgan fingerprint density at radius 3 is 2.56 bits per heavy atom. The van der Waals surface area contributed by atoms with Crippen LogP contribution in [-0.4, -0.2) is 23.5 Å². The van der Waals surface area contributed by atoms with E-state index in [1.165, 1.54) is 12.3 Å². The standard InChI is InChI=1S/C27H19F4NO6S/c28-22-8-6-17(26(33)34)10-18(22)12-21-13-19-11-20(27(29,30)31)7-9-23(19)32(21)39(35,36)25-15-37-14-24(38-25)16-4-2-1-3-5-16/h1-2,4,6-11,13-15H,3,5,12H2,(H,33,34). The van der Waals surface area contributed by atoms with Crippen LogP contribution in [0.15, 0.2) is 89.6 Å². The molecule has 2 aromatic carbocycles. The fourth-order valence-electron chi connectivity index (χ4n) is 4.33. The topological polar surface area (TPSA) is 94.8 Å². The molecule has 1 aliphatic carbocycles. The summed E-state index contributed by atoms with van der Waals surface area (Å²) in [7, 11) is -4.63. The first-order valence-electron chi connectivity index (χ1n) is 11.5. The Kier molecular flexibility index (Phi) is 6.59. The summed E-state index contributed by atoms with van der Waals surface area (Å²) >= 11 is 0. The highest BCUT2D eigenvalue weighted by atomic mass is 32.2. The van der Waals surface area contributed by atoms with E-state index in [4.69, 9.17) is 9.47 Å². The number of halogens is 4. The van der Waals surface area contributed by atoms with E-state index in [2.05, 4.69) is 0 Å². The predicted octanol–water partition coefficient (Wildman–Crippen LogP) is 6.23. The molecule has 0 amide bonds. The van der Waals surface area contributed by atoms with E-state index < -0.39 is 45.1 Å². The Hall–Kier alpha value is -4.32. The predicted molar refractivity (Wildman–Crippen MR) is 132 cm³/mol. The molecular formula is C27H19F4NO6S. The summed E-state index contributed by atoms with van der Waals surface area (Å²) in [6.45, 7) is 0. The number of carbonyl (C=O) groups is 1. The van der Waals surface area contributed by atoms with E-state index in [9.17, 15) is 35.9 Å². The zero-order valence-corrected chi connectivity index (χ0v) is 20.7. The normalized spacial score (nSPS) is 15.7. The number of hydrogen-bond acceptors (Lipinski definition) is 5. The minimum atomic E-state index is -4.69. The highest BCUT2D eigenvalue weighted by Crippen LogP contribution is 2.36. The van der Waals surface area contributed by atoms with Gasteiger partial charge in [-0.3, -0.25) is 0 Å². The van der Waals surface area contributed by atoms with Gasteiger partial charge < -0.3 is 14.6 Å². The van der Waals surface area contributed by atoms with Crippen LogP contribution in [0.1, 0.15) is 40.0 Å². The van der Waals surface area contributed by atoms with E-state index in [-0.39, 0.29) is 33.5 Å². The third kappa shape index (κ3) is 5.07. The van der Waals surface area contributed by atoms with Crippen LogP contribution in [-0.2, 0) is 32.1 Å². The van der Waals surface area contributed by atoms with Gasteiger partial charge in [-0.1, -0.05) is 18.2 Å². The van der Waals surface area contributed by atoms with Crippen LogP contribution in [0.3, 0.4) is 0 Å². The fraction of sp³-hybridized carbons (Fsp3) is 0.148. The lowest BCUT2D eigenvalue weighted by atomic mass is 10.0. The number of aromatic nitrogens is 1. The number of alkyl halides is 3. The molecule has 202 valence electrons. The summed E-state index contributed by atoms with van der Waals surface area (Å²) in [6.07, 6.45) is 3.66. The fourth-order valence-corrected chi connectivity index (χ4v) is 5.73. The van der Waals surface area contributed by atoms with Gasteiger partial charge >= 0.3 is 22.2 Å². The van der Waals surface area contributed by atoms with E-state index in [1.807, 2.05) is 6.08 Å². The van der Waals surface area contributed by atoms with Crippen molar-refractivity contribution in [1.82, 2.24) is 3.97 Å². The summed E-state index contributed by atoms with van der Waals surface area (Å²) < 4.78 is 94.2. The van der Waals surface area contributed by atoms with Crippen molar-refractivity contribution in [3.8, 4) is 0 Å². The highest BCUT2D eigenvalue weighted by molar-refractivity contribution is 7.93. The maximum Gasteiger partial charge on any atom is 0.416 e. The molecule has 0 fully saturated rings. The van der Waals surface area contributed by atoms with Crippen LogP contribution < -0.4 is 0 Å². The van der Waals surface area contributed by atoms with E-state index in [1.54, 1.807) is 12.2 Å². The number of aromatic carboxylic acids is 1. The van der Waals surface area contributed by atoms with Crippen molar-refractivity contribution in [2.45, 2.75) is 25.4 Å². The van der Waals surface area contributed by atoms with Gasteiger partial charge in [-0.05, 0) is 66.4 Å². The molecule has 1 aliphatic heterocycles. The maximum absolute atomic E-state index is 14.7. The molecule has 5 rings (SSSR count). The second-order valence-corrected chi connectivity index (χ2v) is 10.5. The molecule has 2 aliphatic rings. The van der Waals surface area contributed by atoms with Crippen molar-refractivity contribution >= 4 is 26.9 Å². The van der Waals surface area contributed by atoms with Gasteiger partial charge in [0.05, 0.1) is 16.6 Å². The van der Waals surface area contributed by atoms with Gasteiger partial charge in [0.15, 0.2) is 5.76 Å². The van der Waals surface area contributed by atoms with Crippen molar-refractivity contribution < 1.29 is 45.4 Å². The zero-order chi connectivity index (χ0) is 27.9. The summed E-state index contributed by atoms with van der Waals surface area (Å²) in [5.74, 6) is -1.99. The molecule has 0 radical (unpaired) electrons. The summed E-state index contributed by atoms with van der Waals surface area (Å²) in [5, 5.41) is 8.58. The number of allylic oxidation sites excluding steroid dienone is 4. The van der Waals surface area contributed by atoms with Crippen LogP contribution in [0.2, 0.25) is 0 Å². The largest absolute Gasteiger partial charge is 0.478 e. The number of carboxylic acid groups (broad SMARTS) is 1. The van der Waals surface area contributed by atoms with Crippen LogP contribution in [0, 0.1) is 5.82 Å². The molecule has 2 heterocycles. The average Bonchev–Trinajstić information content (AvgIpc) is 3.28. The van der Waals surface area contributed by atoms with Gasteiger partial charge in [0.1, 0.15) is 18.3 Å². The number of ether oxygens (including phenoxy) is 2. The number of hydrogen-bond donors (Lipinski definition) is 1. The van der Waals surface area contributed by atoms with Gasteiger partial charge in [0.2, 0.25) is 0 Å². The second kappa shape index (κ2) is 9.77. The van der Waals surface area contributed by atoms with Crippen molar-refractivity contribution in [2.24, 2.45) is 0 Å². The zero-order valence-electron chi connectivity index (χ0n) is 19.9. The van der Waals surface area contributed by atoms with E-state index in [0.29, 0.717) is 18.4 Å². The third-order valence-corrected chi connectivity index (χ3v) is 7.80. The molecule has 0 unspecified atom stereocenters. The molecular weight excluding hydrogens is 542 g/mol. The molecule has 12 heteroatoms. The van der Waals surface area contributed by atoms with Gasteiger partial charge in [-0.2, -0.15) is 21.6 Å². The molecule has 1 N–H and O–H groups in total. The lowest BCUT2D eigenvalue weighted by molar-refractivity contribution is -0.137. The molecule has 1 aromatic heterocycles. The monoisotopic (exact) mass is 561 g/mol. The molecule has 39 heavy (non-hydrogen) atoms. The smallest absolute Gasteiger partial charge is 0.416 e. The van der Waals surface area contributed by atoms with Gasteiger partial charge in [-0.15, -0.1) is 0 Å². The Morgan fingerprint density at radius 1 is 1.08 bits per heavy atom. The van der Waals surface area contributed by atoms with Crippen LogP contribution in [0.25, 0.3) is 10.9 Å². The van der Waals surface area contributed by atoms with Crippen molar-refractivity contribution in [3.05, 3.63) is 118 Å². The van der Waals surface area contributed by atoms with Gasteiger partial charge in [0.25, 0.3) is 5.09 Å². The van der Waals surface area contributed by atoms with Gasteiger partial charge in [-0.25, -0.2) is 13.2 Å². The maximum atomic E-state index is 14.7. The Balaban J connectivity index is 1.63. The van der Waals surface area contributed by atoms with E-state index in [0.717, 1.165) is 46.6 Å². The van der Waals surface area contributed by atoms with Crippen molar-refractivity contribution in [2.75, 3.05) is 0 Å². The molecule has 0 bridgehead atoms. The quantitative estimate of drug-likeness (QED) is 0.359. The molecule has 0 saturated heterocycles. The molecule has 0 saturated carbocycles. The number of carboxylic acids is 1. The Morgan fingerprint density at radius 2 is 1.87 bits per heavy atom. The van der Waals surface area contributed by atoms with Crippen LogP contribution in [0.4, 0.5) is 17.6 Å². The Bertz CT molecular complexity index is 1730. The van der Waals surface area contributed by atoms with Crippen LogP contribution >= 0.6 is 0 Å². The lowest BCUT2D eigenvalue weighted by Crippen LogP contribution is -2.21. The number of fused-ring (bicyclic) bond motifs is 1. The first kappa shape index (κ1) is 26.3. The first-order chi connectivity index (χ1) is 18.4. The van der Waals surface area contributed by atoms with Crippen LogP contribution in [0.5, 0.6) is 0 Å². The number of nitrogens with zero attached hydrogens (tertiary/aromatic N) is 1. The van der Waals surface area contributed by atoms with Gasteiger partial charge in [0, 0.05) is 17.5 Å². The minimum absolute atomic E-state index is 0.0774. The average molecular weight is 562 g/mol.